The van der Waals surface area contributed by atoms with Crippen molar-refractivity contribution < 1.29 is 18.7 Å². The van der Waals surface area contributed by atoms with Crippen LogP contribution >= 0.6 is 34.8 Å². The third-order valence-corrected chi connectivity index (χ3v) is 5.37. The molecule has 3 aromatic carbocycles. The summed E-state index contributed by atoms with van der Waals surface area (Å²) < 4.78 is 25.2. The van der Waals surface area contributed by atoms with Crippen molar-refractivity contribution in [2.45, 2.75) is 6.61 Å². The molecule has 0 fully saturated rings. The highest BCUT2D eigenvalue weighted by atomic mass is 35.5. The average Bonchev–Trinajstić information content (AvgIpc) is 2.99. The molecule has 1 aliphatic rings. The van der Waals surface area contributed by atoms with E-state index in [2.05, 4.69) is 0 Å². The number of carbonyl (C=O) groups excluding carboxylic acids is 1. The summed E-state index contributed by atoms with van der Waals surface area (Å²) in [6.45, 7) is -0.0594. The van der Waals surface area contributed by atoms with Crippen LogP contribution in [0.3, 0.4) is 0 Å². The van der Waals surface area contributed by atoms with Gasteiger partial charge in [0.1, 0.15) is 23.9 Å². The van der Waals surface area contributed by atoms with E-state index in [1.54, 1.807) is 42.5 Å². The lowest BCUT2D eigenvalue weighted by atomic mass is 10.1. The minimum atomic E-state index is -0.452. The molecular formula is C22H12Cl3FO3. The van der Waals surface area contributed by atoms with Crippen molar-refractivity contribution in [2.75, 3.05) is 0 Å². The lowest BCUT2D eigenvalue weighted by molar-refractivity contribution is 0.101. The third-order valence-electron chi connectivity index (χ3n) is 4.36. The number of fused-ring (bicyclic) bond motifs is 1. The molecule has 0 saturated heterocycles. The van der Waals surface area contributed by atoms with Gasteiger partial charge in [0.25, 0.3) is 0 Å². The van der Waals surface area contributed by atoms with Crippen LogP contribution in [0.2, 0.25) is 15.1 Å². The zero-order valence-corrected chi connectivity index (χ0v) is 17.0. The number of hydrogen-bond donors (Lipinski definition) is 0. The van der Waals surface area contributed by atoms with Crippen LogP contribution in [0, 0.1) is 5.82 Å². The Morgan fingerprint density at radius 3 is 2.38 bits per heavy atom. The van der Waals surface area contributed by atoms with Crippen molar-refractivity contribution in [1.29, 1.82) is 0 Å². The maximum atomic E-state index is 13.9. The van der Waals surface area contributed by atoms with E-state index in [9.17, 15) is 9.18 Å². The van der Waals surface area contributed by atoms with Crippen molar-refractivity contribution >= 4 is 46.7 Å². The van der Waals surface area contributed by atoms with Crippen LogP contribution in [0.5, 0.6) is 11.5 Å². The standard InChI is InChI=1S/C22H12Cl3FO3/c23-16-3-1-4-17(24)14(16)10-21-22(27)13-8-7-12(9-20(13)29-21)28-11-15-18(25)5-2-6-19(15)26/h1-10H,11H2. The SMILES string of the molecule is O=C1C(=Cc2c(Cl)cccc2Cl)Oc2cc(OCc3c(F)cccc3Cl)ccc21. The Hall–Kier alpha value is -2.53. The lowest BCUT2D eigenvalue weighted by Crippen LogP contribution is -1.99. The molecule has 3 aromatic rings. The first-order valence-electron chi connectivity index (χ1n) is 8.52. The first kappa shape index (κ1) is 19.8. The Morgan fingerprint density at radius 1 is 0.966 bits per heavy atom. The summed E-state index contributed by atoms with van der Waals surface area (Å²) in [5.74, 6) is 0.102. The van der Waals surface area contributed by atoms with Crippen LogP contribution in [-0.4, -0.2) is 5.78 Å². The number of halogens is 4. The van der Waals surface area contributed by atoms with Gasteiger partial charge in [-0.3, -0.25) is 4.79 Å². The molecule has 0 N–H and O–H groups in total. The van der Waals surface area contributed by atoms with Gasteiger partial charge in [-0.05, 0) is 42.5 Å². The zero-order chi connectivity index (χ0) is 20.5. The minimum absolute atomic E-state index is 0.0594. The molecule has 29 heavy (non-hydrogen) atoms. The molecule has 0 aliphatic carbocycles. The van der Waals surface area contributed by atoms with Crippen LogP contribution in [0.4, 0.5) is 4.39 Å². The molecular weight excluding hydrogens is 438 g/mol. The topological polar surface area (TPSA) is 35.5 Å². The van der Waals surface area contributed by atoms with Crippen molar-refractivity contribution in [3.63, 3.8) is 0 Å². The van der Waals surface area contributed by atoms with Gasteiger partial charge >= 0.3 is 0 Å². The van der Waals surface area contributed by atoms with Crippen molar-refractivity contribution in [3.8, 4) is 11.5 Å². The minimum Gasteiger partial charge on any atom is -0.489 e. The van der Waals surface area contributed by atoms with Crippen molar-refractivity contribution in [1.82, 2.24) is 0 Å². The normalized spacial score (nSPS) is 14.1. The van der Waals surface area contributed by atoms with Gasteiger partial charge in [0, 0.05) is 27.2 Å². The molecule has 0 amide bonds. The fourth-order valence-corrected chi connectivity index (χ4v) is 3.59. The van der Waals surface area contributed by atoms with E-state index in [1.807, 2.05) is 0 Å². The van der Waals surface area contributed by atoms with Gasteiger partial charge in [-0.1, -0.05) is 46.9 Å². The summed E-state index contributed by atoms with van der Waals surface area (Å²) >= 11 is 18.3. The molecule has 0 radical (unpaired) electrons. The summed E-state index contributed by atoms with van der Waals surface area (Å²) in [5, 5.41) is 1.09. The highest BCUT2D eigenvalue weighted by Gasteiger charge is 2.28. The van der Waals surface area contributed by atoms with Crippen LogP contribution in [0.1, 0.15) is 21.5 Å². The number of carbonyl (C=O) groups is 1. The smallest absolute Gasteiger partial charge is 0.231 e. The Balaban J connectivity index is 1.57. The average molecular weight is 450 g/mol. The molecule has 4 rings (SSSR count). The number of hydrogen-bond acceptors (Lipinski definition) is 3. The van der Waals surface area contributed by atoms with Gasteiger partial charge in [0.05, 0.1) is 10.6 Å². The highest BCUT2D eigenvalue weighted by Crippen LogP contribution is 2.37. The monoisotopic (exact) mass is 448 g/mol. The predicted octanol–water partition coefficient (Wildman–Crippen LogP) is 6.98. The Labute approximate surface area is 181 Å². The summed E-state index contributed by atoms with van der Waals surface area (Å²) in [7, 11) is 0. The molecule has 3 nitrogen and oxygen atoms in total. The number of allylic oxidation sites excluding steroid dienone is 1. The summed E-state index contributed by atoms with van der Waals surface area (Å²) in [4.78, 5) is 12.6. The van der Waals surface area contributed by atoms with Gasteiger partial charge in [-0.15, -0.1) is 0 Å². The van der Waals surface area contributed by atoms with E-state index in [4.69, 9.17) is 44.3 Å². The van der Waals surface area contributed by atoms with E-state index < -0.39 is 5.82 Å². The fourth-order valence-electron chi connectivity index (χ4n) is 2.86. The summed E-state index contributed by atoms with van der Waals surface area (Å²) in [5.41, 5.74) is 1.13. The largest absolute Gasteiger partial charge is 0.489 e. The second-order valence-electron chi connectivity index (χ2n) is 6.22. The van der Waals surface area contributed by atoms with Gasteiger partial charge in [0.15, 0.2) is 5.76 Å². The first-order valence-corrected chi connectivity index (χ1v) is 9.65. The zero-order valence-electron chi connectivity index (χ0n) is 14.7. The molecule has 146 valence electrons. The van der Waals surface area contributed by atoms with Crippen LogP contribution in [0.15, 0.2) is 60.4 Å². The molecule has 0 saturated carbocycles. The molecule has 1 aliphatic heterocycles. The lowest BCUT2D eigenvalue weighted by Gasteiger charge is -2.09. The molecule has 1 heterocycles. The number of ketones is 1. The Kier molecular flexibility index (Phi) is 5.50. The van der Waals surface area contributed by atoms with Gasteiger partial charge < -0.3 is 9.47 Å². The number of rotatable bonds is 4. The van der Waals surface area contributed by atoms with E-state index in [0.29, 0.717) is 32.7 Å². The predicted molar refractivity (Wildman–Crippen MR) is 112 cm³/mol. The fraction of sp³-hybridized carbons (Fsp3) is 0.0455. The second-order valence-corrected chi connectivity index (χ2v) is 7.44. The Bertz CT molecular complexity index is 1120. The molecule has 0 bridgehead atoms. The van der Waals surface area contributed by atoms with Crippen LogP contribution in [-0.2, 0) is 6.61 Å². The van der Waals surface area contributed by atoms with E-state index in [0.717, 1.165) is 0 Å². The van der Waals surface area contributed by atoms with Crippen LogP contribution < -0.4 is 9.47 Å². The molecule has 0 unspecified atom stereocenters. The molecule has 0 spiro atoms. The maximum Gasteiger partial charge on any atom is 0.231 e. The van der Waals surface area contributed by atoms with Gasteiger partial charge in [-0.2, -0.15) is 0 Å². The van der Waals surface area contributed by atoms with Crippen molar-refractivity contribution in [3.05, 3.63) is 97.9 Å². The summed E-state index contributed by atoms with van der Waals surface area (Å²) in [6, 6.07) is 14.2. The molecule has 0 atom stereocenters. The number of ether oxygens (including phenoxy) is 2. The first-order chi connectivity index (χ1) is 13.9. The second kappa shape index (κ2) is 8.07. The van der Waals surface area contributed by atoms with Gasteiger partial charge in [-0.25, -0.2) is 4.39 Å². The maximum absolute atomic E-state index is 13.9. The Morgan fingerprint density at radius 2 is 1.66 bits per heavy atom. The van der Waals surface area contributed by atoms with Crippen LogP contribution in [0.25, 0.3) is 6.08 Å². The molecule has 0 aromatic heterocycles. The third kappa shape index (κ3) is 3.97. The van der Waals surface area contributed by atoms with E-state index >= 15 is 0 Å². The van der Waals surface area contributed by atoms with E-state index in [-0.39, 0.29) is 28.7 Å². The quantitative estimate of drug-likeness (QED) is 0.403. The highest BCUT2D eigenvalue weighted by molar-refractivity contribution is 6.37. The summed E-state index contributed by atoms with van der Waals surface area (Å²) in [6.07, 6.45) is 1.51. The van der Waals surface area contributed by atoms with Gasteiger partial charge in [0.2, 0.25) is 5.78 Å². The van der Waals surface area contributed by atoms with Crippen molar-refractivity contribution in [2.24, 2.45) is 0 Å². The number of benzene rings is 3. The van der Waals surface area contributed by atoms with E-state index in [1.165, 1.54) is 18.2 Å². The molecule has 7 heteroatoms. The number of Topliss-reactive ketones (excluding diaryl/α,β-unsaturated/α-hetero) is 1.